The average molecular weight is 280 g/mol. The van der Waals surface area contributed by atoms with E-state index >= 15 is 0 Å². The minimum absolute atomic E-state index is 0.243. The summed E-state index contributed by atoms with van der Waals surface area (Å²) in [6, 6.07) is 2.89. The maximum Gasteiger partial charge on any atom is 0.318 e. The van der Waals surface area contributed by atoms with Crippen molar-refractivity contribution in [1.82, 2.24) is 10.2 Å². The Balaban J connectivity index is 1.97. The molecule has 0 saturated carbocycles. The van der Waals surface area contributed by atoms with Crippen molar-refractivity contribution in [2.75, 3.05) is 6.54 Å². The lowest BCUT2D eigenvalue weighted by atomic mass is 10.0. The van der Waals surface area contributed by atoms with Gasteiger partial charge in [-0.1, -0.05) is 0 Å². The zero-order valence-corrected chi connectivity index (χ0v) is 11.9. The number of likely N-dealkylation sites (tertiary alicyclic amines) is 1. The molecule has 2 amide bonds. The van der Waals surface area contributed by atoms with Crippen molar-refractivity contribution < 1.29 is 19.1 Å². The van der Waals surface area contributed by atoms with Crippen LogP contribution in [0.3, 0.4) is 0 Å². The van der Waals surface area contributed by atoms with E-state index in [1.54, 1.807) is 11.8 Å². The number of carbonyl (C=O) groups is 2. The SMILES string of the molecule is Cc1ccc(C(C)NC(=O)N2CCC(C(=O)O)C2C)o1. The van der Waals surface area contributed by atoms with Gasteiger partial charge in [0.1, 0.15) is 11.5 Å². The highest BCUT2D eigenvalue weighted by Crippen LogP contribution is 2.25. The van der Waals surface area contributed by atoms with Crippen LogP contribution in [0.2, 0.25) is 0 Å². The van der Waals surface area contributed by atoms with Gasteiger partial charge in [0.15, 0.2) is 0 Å². The van der Waals surface area contributed by atoms with Gasteiger partial charge in [-0.15, -0.1) is 0 Å². The summed E-state index contributed by atoms with van der Waals surface area (Å²) in [5.74, 6) is 0.156. The zero-order valence-electron chi connectivity index (χ0n) is 11.9. The summed E-state index contributed by atoms with van der Waals surface area (Å²) in [6.45, 7) is 5.92. The number of carboxylic acids is 1. The van der Waals surface area contributed by atoms with Crippen LogP contribution in [0.15, 0.2) is 16.5 Å². The molecule has 0 spiro atoms. The minimum atomic E-state index is -0.845. The third-order valence-electron chi connectivity index (χ3n) is 3.86. The standard InChI is InChI=1S/C14H20N2O4/c1-8-4-5-12(20-8)9(2)15-14(19)16-7-6-11(10(16)3)13(17)18/h4-5,9-11H,6-7H2,1-3H3,(H,15,19)(H,17,18). The number of carboxylic acid groups (broad SMARTS) is 1. The molecule has 1 aliphatic heterocycles. The van der Waals surface area contributed by atoms with E-state index in [9.17, 15) is 9.59 Å². The molecule has 6 heteroatoms. The second-order valence-corrected chi connectivity index (χ2v) is 5.29. The topological polar surface area (TPSA) is 82.8 Å². The van der Waals surface area contributed by atoms with Crippen LogP contribution in [0.1, 0.15) is 37.8 Å². The summed E-state index contributed by atoms with van der Waals surface area (Å²) in [7, 11) is 0. The number of amides is 2. The van der Waals surface area contributed by atoms with Gasteiger partial charge >= 0.3 is 12.0 Å². The predicted octanol–water partition coefficient (Wildman–Crippen LogP) is 2.15. The summed E-state index contributed by atoms with van der Waals surface area (Å²) in [5, 5.41) is 11.9. The third kappa shape index (κ3) is 2.79. The van der Waals surface area contributed by atoms with E-state index in [4.69, 9.17) is 9.52 Å². The fourth-order valence-electron chi connectivity index (χ4n) is 2.58. The van der Waals surface area contributed by atoms with Crippen molar-refractivity contribution >= 4 is 12.0 Å². The molecular weight excluding hydrogens is 260 g/mol. The molecule has 6 nitrogen and oxygen atoms in total. The first-order valence-corrected chi connectivity index (χ1v) is 6.76. The van der Waals surface area contributed by atoms with Gasteiger partial charge in [-0.05, 0) is 39.3 Å². The Bertz CT molecular complexity index is 511. The Morgan fingerprint density at radius 1 is 1.50 bits per heavy atom. The number of nitrogens with one attached hydrogen (secondary N) is 1. The third-order valence-corrected chi connectivity index (χ3v) is 3.86. The smallest absolute Gasteiger partial charge is 0.318 e. The van der Waals surface area contributed by atoms with Crippen LogP contribution < -0.4 is 5.32 Å². The zero-order chi connectivity index (χ0) is 14.9. The maximum absolute atomic E-state index is 12.2. The normalized spacial score (nSPS) is 23.6. The Kier molecular flexibility index (Phi) is 4.01. The summed E-state index contributed by atoms with van der Waals surface area (Å²) in [4.78, 5) is 24.8. The molecule has 3 atom stereocenters. The highest BCUT2D eigenvalue weighted by molar-refractivity contribution is 5.78. The van der Waals surface area contributed by atoms with E-state index in [0.717, 1.165) is 5.76 Å². The Morgan fingerprint density at radius 2 is 2.20 bits per heavy atom. The van der Waals surface area contributed by atoms with E-state index in [2.05, 4.69) is 5.32 Å². The van der Waals surface area contributed by atoms with Crippen LogP contribution >= 0.6 is 0 Å². The number of hydrogen-bond acceptors (Lipinski definition) is 3. The molecule has 20 heavy (non-hydrogen) atoms. The lowest BCUT2D eigenvalue weighted by Gasteiger charge is -2.25. The van der Waals surface area contributed by atoms with Crippen molar-refractivity contribution in [3.63, 3.8) is 0 Å². The quantitative estimate of drug-likeness (QED) is 0.888. The van der Waals surface area contributed by atoms with Gasteiger partial charge in [-0.3, -0.25) is 4.79 Å². The molecule has 2 N–H and O–H groups in total. The molecular formula is C14H20N2O4. The van der Waals surface area contributed by atoms with Crippen LogP contribution in [-0.2, 0) is 4.79 Å². The van der Waals surface area contributed by atoms with E-state index in [-0.39, 0.29) is 18.1 Å². The minimum Gasteiger partial charge on any atom is -0.481 e. The number of hydrogen-bond donors (Lipinski definition) is 2. The Labute approximate surface area is 117 Å². The molecule has 2 heterocycles. The number of nitrogens with zero attached hydrogens (tertiary/aromatic N) is 1. The molecule has 1 fully saturated rings. The first-order chi connectivity index (χ1) is 9.40. The predicted molar refractivity (Wildman–Crippen MR) is 72.3 cm³/mol. The van der Waals surface area contributed by atoms with Crippen LogP contribution in [-0.4, -0.2) is 34.6 Å². The summed E-state index contributed by atoms with van der Waals surface area (Å²) < 4.78 is 5.47. The second-order valence-electron chi connectivity index (χ2n) is 5.29. The molecule has 2 rings (SSSR count). The van der Waals surface area contributed by atoms with Crippen LogP contribution in [0.25, 0.3) is 0 Å². The molecule has 0 aromatic carbocycles. The summed E-state index contributed by atoms with van der Waals surface area (Å²) in [5.41, 5.74) is 0. The highest BCUT2D eigenvalue weighted by Gasteiger charge is 2.38. The number of urea groups is 1. The largest absolute Gasteiger partial charge is 0.481 e. The van der Waals surface area contributed by atoms with Crippen molar-refractivity contribution in [2.24, 2.45) is 5.92 Å². The van der Waals surface area contributed by atoms with Gasteiger partial charge in [0.2, 0.25) is 0 Å². The van der Waals surface area contributed by atoms with Gasteiger partial charge in [-0.25, -0.2) is 4.79 Å². The van der Waals surface area contributed by atoms with E-state index in [0.29, 0.717) is 18.7 Å². The van der Waals surface area contributed by atoms with Gasteiger partial charge < -0.3 is 19.7 Å². The number of aliphatic carboxylic acids is 1. The van der Waals surface area contributed by atoms with E-state index in [1.165, 1.54) is 0 Å². The van der Waals surface area contributed by atoms with Crippen LogP contribution in [0, 0.1) is 12.8 Å². The molecule has 3 unspecified atom stereocenters. The number of aryl methyl sites for hydroxylation is 1. The van der Waals surface area contributed by atoms with Crippen LogP contribution in [0.5, 0.6) is 0 Å². The lowest BCUT2D eigenvalue weighted by molar-refractivity contribution is -0.142. The lowest BCUT2D eigenvalue weighted by Crippen LogP contribution is -2.44. The molecule has 1 saturated heterocycles. The Hall–Kier alpha value is -1.98. The number of carbonyl (C=O) groups excluding carboxylic acids is 1. The maximum atomic E-state index is 12.2. The van der Waals surface area contributed by atoms with Crippen molar-refractivity contribution in [1.29, 1.82) is 0 Å². The first-order valence-electron chi connectivity index (χ1n) is 6.76. The number of rotatable bonds is 3. The molecule has 0 bridgehead atoms. The van der Waals surface area contributed by atoms with Crippen molar-refractivity contribution in [2.45, 2.75) is 39.3 Å². The number of furan rings is 1. The molecule has 1 aliphatic rings. The van der Waals surface area contributed by atoms with E-state index in [1.807, 2.05) is 26.0 Å². The fourth-order valence-corrected chi connectivity index (χ4v) is 2.58. The molecule has 0 radical (unpaired) electrons. The molecule has 1 aromatic rings. The summed E-state index contributed by atoms with van der Waals surface area (Å²) >= 11 is 0. The average Bonchev–Trinajstić information content (AvgIpc) is 2.95. The Morgan fingerprint density at radius 3 is 2.70 bits per heavy atom. The van der Waals surface area contributed by atoms with Gasteiger partial charge in [0.25, 0.3) is 0 Å². The van der Waals surface area contributed by atoms with Crippen LogP contribution in [0.4, 0.5) is 4.79 Å². The van der Waals surface area contributed by atoms with Crippen molar-refractivity contribution in [3.05, 3.63) is 23.7 Å². The molecule has 1 aromatic heterocycles. The van der Waals surface area contributed by atoms with Gasteiger partial charge in [0, 0.05) is 12.6 Å². The van der Waals surface area contributed by atoms with Gasteiger partial charge in [0.05, 0.1) is 12.0 Å². The van der Waals surface area contributed by atoms with Gasteiger partial charge in [-0.2, -0.15) is 0 Å². The molecule has 0 aliphatic carbocycles. The van der Waals surface area contributed by atoms with E-state index < -0.39 is 11.9 Å². The summed E-state index contributed by atoms with van der Waals surface area (Å²) in [6.07, 6.45) is 0.498. The molecule has 110 valence electrons. The van der Waals surface area contributed by atoms with Crippen molar-refractivity contribution in [3.8, 4) is 0 Å². The fraction of sp³-hybridized carbons (Fsp3) is 0.571. The monoisotopic (exact) mass is 280 g/mol. The second kappa shape index (κ2) is 5.56. The highest BCUT2D eigenvalue weighted by atomic mass is 16.4. The first kappa shape index (κ1) is 14.4.